The number of aliphatic hydroxyl groups is 1. The third-order valence-electron chi connectivity index (χ3n) is 1.72. The zero-order valence-electron chi connectivity index (χ0n) is 7.26. The maximum Gasteiger partial charge on any atom is 0.0687 e. The van der Waals surface area contributed by atoms with Crippen molar-refractivity contribution in [2.45, 2.75) is 6.61 Å². The van der Waals surface area contributed by atoms with Crippen LogP contribution in [0.4, 0.5) is 0 Å². The van der Waals surface area contributed by atoms with Crippen LogP contribution >= 0.6 is 11.6 Å². The van der Waals surface area contributed by atoms with E-state index in [0.29, 0.717) is 16.8 Å². The Hall–Kier alpha value is -1.48. The molecular weight excluding hydrogens is 202 g/mol. The molecule has 0 heterocycles. The molecule has 72 valence electrons. The van der Waals surface area contributed by atoms with Gasteiger partial charge in [0, 0.05) is 10.4 Å². The predicted molar refractivity (Wildman–Crippen MR) is 55.3 cm³/mol. The van der Waals surface area contributed by atoms with Crippen molar-refractivity contribution in [3.8, 4) is 0 Å². The Labute approximate surface area is 86.1 Å². The lowest BCUT2D eigenvalue weighted by molar-refractivity contribution is 0.281. The van der Waals surface area contributed by atoms with Crippen molar-refractivity contribution in [1.82, 2.24) is 0 Å². The van der Waals surface area contributed by atoms with Gasteiger partial charge in [0.2, 0.25) is 0 Å². The van der Waals surface area contributed by atoms with Gasteiger partial charge >= 0.3 is 0 Å². The molecule has 1 aromatic carbocycles. The number of hydrogen-bond acceptors (Lipinski definition) is 2. The molecule has 1 N–H and O–H groups in total. The SMILES string of the molecule is [N-]=[N+]=N/C(=C\Cl)c1ccccc1CO. The van der Waals surface area contributed by atoms with E-state index in [1.807, 2.05) is 0 Å². The van der Waals surface area contributed by atoms with Gasteiger partial charge in [-0.15, -0.1) is 0 Å². The molecule has 5 heteroatoms. The van der Waals surface area contributed by atoms with Gasteiger partial charge in [0.15, 0.2) is 0 Å². The summed E-state index contributed by atoms with van der Waals surface area (Å²) >= 11 is 5.50. The minimum atomic E-state index is -0.120. The first-order chi connectivity index (χ1) is 6.83. The summed E-state index contributed by atoms with van der Waals surface area (Å²) in [5.74, 6) is 0. The predicted octanol–water partition coefficient (Wildman–Crippen LogP) is 3.03. The van der Waals surface area contributed by atoms with Crippen molar-refractivity contribution in [1.29, 1.82) is 0 Å². The second-order valence-electron chi connectivity index (χ2n) is 2.50. The fourth-order valence-corrected chi connectivity index (χ4v) is 1.25. The standard InChI is InChI=1S/C9H8ClN3O/c10-5-9(12-13-11)8-4-2-1-3-7(8)6-14/h1-5,14H,6H2/b9-5-. The molecule has 0 aliphatic carbocycles. The van der Waals surface area contributed by atoms with Gasteiger partial charge in [-0.3, -0.25) is 0 Å². The van der Waals surface area contributed by atoms with Crippen LogP contribution in [-0.2, 0) is 6.61 Å². The van der Waals surface area contributed by atoms with Crippen molar-refractivity contribution >= 4 is 17.3 Å². The molecule has 4 nitrogen and oxygen atoms in total. The number of nitrogens with zero attached hydrogens (tertiary/aromatic N) is 3. The molecule has 1 aromatic rings. The number of rotatable bonds is 3. The van der Waals surface area contributed by atoms with E-state index in [0.717, 1.165) is 0 Å². The molecule has 0 saturated heterocycles. The lowest BCUT2D eigenvalue weighted by atomic mass is 10.1. The van der Waals surface area contributed by atoms with Crippen molar-refractivity contribution in [2.24, 2.45) is 5.11 Å². The van der Waals surface area contributed by atoms with E-state index < -0.39 is 0 Å². The molecule has 1 rings (SSSR count). The molecular formula is C9H8ClN3O. The minimum absolute atomic E-state index is 0.120. The molecule has 0 fully saturated rings. The highest BCUT2D eigenvalue weighted by Gasteiger charge is 2.03. The van der Waals surface area contributed by atoms with Crippen LogP contribution in [0.5, 0.6) is 0 Å². The number of azide groups is 1. The van der Waals surface area contributed by atoms with E-state index in [9.17, 15) is 0 Å². The zero-order valence-corrected chi connectivity index (χ0v) is 8.02. The topological polar surface area (TPSA) is 69.0 Å². The summed E-state index contributed by atoms with van der Waals surface area (Å²) in [4.78, 5) is 2.65. The van der Waals surface area contributed by atoms with Crippen molar-refractivity contribution in [3.63, 3.8) is 0 Å². The van der Waals surface area contributed by atoms with Crippen LogP contribution < -0.4 is 0 Å². The summed E-state index contributed by atoms with van der Waals surface area (Å²) in [5.41, 5.74) is 11.1. The number of halogens is 1. The Morgan fingerprint density at radius 2 is 2.29 bits per heavy atom. The molecule has 0 spiro atoms. The quantitative estimate of drug-likeness (QED) is 0.464. The first kappa shape index (κ1) is 10.6. The van der Waals surface area contributed by atoms with Crippen molar-refractivity contribution in [2.75, 3.05) is 0 Å². The van der Waals surface area contributed by atoms with Crippen molar-refractivity contribution in [3.05, 3.63) is 51.4 Å². The van der Waals surface area contributed by atoms with E-state index in [2.05, 4.69) is 10.0 Å². The van der Waals surface area contributed by atoms with Gasteiger partial charge in [-0.05, 0) is 16.7 Å². The molecule has 0 aliphatic rings. The van der Waals surface area contributed by atoms with Gasteiger partial charge in [-0.25, -0.2) is 0 Å². The summed E-state index contributed by atoms with van der Waals surface area (Å²) in [6, 6.07) is 7.04. The minimum Gasteiger partial charge on any atom is -0.392 e. The van der Waals surface area contributed by atoms with Gasteiger partial charge in [-0.2, -0.15) is 0 Å². The van der Waals surface area contributed by atoms with Gasteiger partial charge < -0.3 is 5.11 Å². The largest absolute Gasteiger partial charge is 0.392 e. The molecule has 0 aromatic heterocycles. The van der Waals surface area contributed by atoms with Crippen molar-refractivity contribution < 1.29 is 5.11 Å². The van der Waals surface area contributed by atoms with Crippen LogP contribution in [-0.4, -0.2) is 5.11 Å². The van der Waals surface area contributed by atoms with Crippen LogP contribution in [0.15, 0.2) is 34.9 Å². The number of hydrogen-bond donors (Lipinski definition) is 1. The van der Waals surface area contributed by atoms with Crippen LogP contribution in [0.1, 0.15) is 11.1 Å². The van der Waals surface area contributed by atoms with Gasteiger partial charge in [0.05, 0.1) is 12.3 Å². The van der Waals surface area contributed by atoms with E-state index in [4.69, 9.17) is 22.2 Å². The first-order valence-corrected chi connectivity index (χ1v) is 4.31. The Morgan fingerprint density at radius 3 is 2.86 bits per heavy atom. The lowest BCUT2D eigenvalue weighted by Gasteiger charge is -2.05. The maximum absolute atomic E-state index is 9.03. The van der Waals surface area contributed by atoms with Crippen LogP contribution in [0.3, 0.4) is 0 Å². The molecule has 0 atom stereocenters. The highest BCUT2D eigenvalue weighted by atomic mass is 35.5. The normalized spacial score (nSPS) is 10.9. The molecule has 14 heavy (non-hydrogen) atoms. The summed E-state index contributed by atoms with van der Waals surface area (Å²) < 4.78 is 0. The highest BCUT2D eigenvalue weighted by Crippen LogP contribution is 2.21. The van der Waals surface area contributed by atoms with Crippen LogP contribution in [0, 0.1) is 0 Å². The van der Waals surface area contributed by atoms with Gasteiger partial charge in [0.25, 0.3) is 0 Å². The van der Waals surface area contributed by atoms with E-state index >= 15 is 0 Å². The average molecular weight is 210 g/mol. The van der Waals surface area contributed by atoms with Crippen LogP contribution in [0.25, 0.3) is 16.1 Å². The Balaban J connectivity index is 3.22. The van der Waals surface area contributed by atoms with Gasteiger partial charge in [-0.1, -0.05) is 41.0 Å². The summed E-state index contributed by atoms with van der Waals surface area (Å²) in [6.45, 7) is -0.120. The summed E-state index contributed by atoms with van der Waals surface area (Å²) in [6.07, 6.45) is 0. The number of benzene rings is 1. The third kappa shape index (κ3) is 2.26. The Kier molecular flexibility index (Phi) is 4.01. The van der Waals surface area contributed by atoms with E-state index in [1.54, 1.807) is 24.3 Å². The molecule has 0 aliphatic heterocycles. The Bertz CT molecular complexity index is 397. The van der Waals surface area contributed by atoms with E-state index in [1.165, 1.54) is 5.54 Å². The van der Waals surface area contributed by atoms with E-state index in [-0.39, 0.29) is 6.61 Å². The fourth-order valence-electron chi connectivity index (χ4n) is 1.09. The van der Waals surface area contributed by atoms with Gasteiger partial charge in [0.1, 0.15) is 0 Å². The molecule has 0 amide bonds. The zero-order chi connectivity index (χ0) is 10.4. The molecule has 0 saturated carbocycles. The average Bonchev–Trinajstić information content (AvgIpc) is 2.26. The summed E-state index contributed by atoms with van der Waals surface area (Å²) in [5, 5.41) is 12.4. The smallest absolute Gasteiger partial charge is 0.0687 e. The summed E-state index contributed by atoms with van der Waals surface area (Å²) in [7, 11) is 0. The molecule has 0 bridgehead atoms. The second-order valence-corrected chi connectivity index (χ2v) is 2.72. The Morgan fingerprint density at radius 1 is 1.57 bits per heavy atom. The monoisotopic (exact) mass is 209 g/mol. The highest BCUT2D eigenvalue weighted by molar-refractivity contribution is 6.28. The maximum atomic E-state index is 9.03. The first-order valence-electron chi connectivity index (χ1n) is 3.88. The molecule has 0 unspecified atom stereocenters. The molecule has 0 radical (unpaired) electrons. The fraction of sp³-hybridized carbons (Fsp3) is 0.111. The lowest BCUT2D eigenvalue weighted by Crippen LogP contribution is -1.90. The second kappa shape index (κ2) is 5.29. The number of aliphatic hydroxyl groups excluding tert-OH is 1. The van der Waals surface area contributed by atoms with Crippen LogP contribution in [0.2, 0.25) is 0 Å². The third-order valence-corrected chi connectivity index (χ3v) is 1.93.